The van der Waals surface area contributed by atoms with Gasteiger partial charge in [-0.3, -0.25) is 0 Å². The van der Waals surface area contributed by atoms with Crippen LogP contribution in [0.3, 0.4) is 0 Å². The average Bonchev–Trinajstić information content (AvgIpc) is 3.49. The third-order valence-electron chi connectivity index (χ3n) is 13.6. The van der Waals surface area contributed by atoms with Crippen molar-refractivity contribution in [3.63, 3.8) is 0 Å². The summed E-state index contributed by atoms with van der Waals surface area (Å²) < 4.78 is 20.3. The molecule has 14 heteroatoms. The van der Waals surface area contributed by atoms with Crippen LogP contribution in [0.5, 0.6) is 0 Å². The molecule has 11 atom stereocenters. The lowest BCUT2D eigenvalue weighted by molar-refractivity contribution is -0.227. The van der Waals surface area contributed by atoms with Gasteiger partial charge in [-0.05, 0) is 160 Å². The number of ether oxygens (including phenoxy) is 3. The molecule has 4 rings (SSSR count). The van der Waals surface area contributed by atoms with Crippen LogP contribution in [0.25, 0.3) is 31.3 Å². The first-order chi connectivity index (χ1) is 24.8. The number of hydrogen-bond donors (Lipinski definition) is 2. The molecule has 0 aliphatic heterocycles. The smallest absolute Gasteiger partial charge is 0.0637 e. The van der Waals surface area contributed by atoms with E-state index in [0.29, 0.717) is 75.0 Å². The Morgan fingerprint density at radius 1 is 0.765 bits per heavy atom. The molecule has 0 heterocycles. The van der Waals surface area contributed by atoms with Crippen molar-refractivity contribution in [2.75, 3.05) is 59.2 Å². The fraction of sp³-hybridized carbons (Fsp3) is 1.00. The van der Waals surface area contributed by atoms with Gasteiger partial charge in [0.25, 0.3) is 0 Å². The van der Waals surface area contributed by atoms with Crippen molar-refractivity contribution in [3.05, 3.63) is 31.3 Å². The second-order valence-electron chi connectivity index (χ2n) is 16.3. The number of azide groups is 3. The van der Waals surface area contributed by atoms with Gasteiger partial charge in [-0.2, -0.15) is 0 Å². The molecule has 0 radical (unpaired) electrons. The zero-order valence-corrected chi connectivity index (χ0v) is 31.7. The number of rotatable bonds is 24. The highest BCUT2D eigenvalue weighted by atomic mass is 16.5. The largest absolute Gasteiger partial charge is 0.396 e. The van der Waals surface area contributed by atoms with Crippen LogP contribution in [0, 0.1) is 46.3 Å². The molecule has 4 aliphatic rings. The van der Waals surface area contributed by atoms with Crippen molar-refractivity contribution in [1.29, 1.82) is 0 Å². The first-order valence-corrected chi connectivity index (χ1v) is 20.0. The standard InChI is InChI=1S/C37H66N10O4/c1-27(10-6-16-41-15-4-5-20-48)30-11-12-31-35-32(26-34(37(30,31)3)51-23-9-19-44-47-40)36(2)14-13-29(49-21-7-17-42-45-38)24-28(36)25-33(35)50-22-8-18-43-46-39/h27-35,41,48H,4-26H2,1-3H3/t27-,28?,29-,30?,31+,32+,33-,34?,35?,36+,37-/m1/s1. The molecule has 0 saturated heterocycles. The maximum Gasteiger partial charge on any atom is 0.0637 e. The van der Waals surface area contributed by atoms with E-state index in [2.05, 4.69) is 56.2 Å². The lowest BCUT2D eigenvalue weighted by atomic mass is 9.43. The van der Waals surface area contributed by atoms with Crippen molar-refractivity contribution in [2.45, 2.75) is 129 Å². The van der Waals surface area contributed by atoms with Gasteiger partial charge in [0.1, 0.15) is 0 Å². The summed E-state index contributed by atoms with van der Waals surface area (Å²) in [5, 5.41) is 23.9. The van der Waals surface area contributed by atoms with Gasteiger partial charge in [0, 0.05) is 66.2 Å². The highest BCUT2D eigenvalue weighted by Crippen LogP contribution is 2.69. The van der Waals surface area contributed by atoms with Crippen molar-refractivity contribution in [1.82, 2.24) is 5.32 Å². The van der Waals surface area contributed by atoms with Crippen LogP contribution in [0.2, 0.25) is 0 Å². The molecule has 0 amide bonds. The normalized spacial score (nSPS) is 34.6. The summed E-state index contributed by atoms with van der Waals surface area (Å²) in [6, 6.07) is 0. The van der Waals surface area contributed by atoms with Crippen molar-refractivity contribution in [3.8, 4) is 0 Å². The first kappa shape index (κ1) is 41.5. The lowest BCUT2D eigenvalue weighted by Gasteiger charge is -2.65. The lowest BCUT2D eigenvalue weighted by Crippen LogP contribution is -2.63. The highest BCUT2D eigenvalue weighted by Gasteiger charge is 2.66. The van der Waals surface area contributed by atoms with Crippen LogP contribution in [-0.2, 0) is 14.2 Å². The summed E-state index contributed by atoms with van der Waals surface area (Å²) in [5.41, 5.74) is 26.5. The highest BCUT2D eigenvalue weighted by molar-refractivity contribution is 5.15. The van der Waals surface area contributed by atoms with Gasteiger partial charge in [-0.15, -0.1) is 0 Å². The molecule has 4 aliphatic carbocycles. The van der Waals surface area contributed by atoms with E-state index in [1.807, 2.05) is 0 Å². The number of unbranched alkanes of at least 4 members (excludes halogenated alkanes) is 1. The van der Waals surface area contributed by atoms with Crippen LogP contribution in [-0.4, -0.2) is 82.6 Å². The minimum atomic E-state index is 0.0236. The molecule has 4 saturated carbocycles. The Balaban J connectivity index is 1.55. The van der Waals surface area contributed by atoms with Gasteiger partial charge in [-0.1, -0.05) is 36.1 Å². The Morgan fingerprint density at radius 3 is 2.08 bits per heavy atom. The number of aliphatic hydroxyl groups is 1. The molecule has 4 fully saturated rings. The molecule has 0 aromatic rings. The fourth-order valence-electron chi connectivity index (χ4n) is 11.1. The Bertz CT molecular complexity index is 1190. The second kappa shape index (κ2) is 21.4. The van der Waals surface area contributed by atoms with Gasteiger partial charge in [-0.25, -0.2) is 0 Å². The summed E-state index contributed by atoms with van der Waals surface area (Å²) in [4.78, 5) is 8.78. The van der Waals surface area contributed by atoms with E-state index >= 15 is 0 Å². The quantitative estimate of drug-likeness (QED) is 0.0433. The molecule has 4 unspecified atom stereocenters. The number of aliphatic hydroxyl groups excluding tert-OH is 1. The first-order valence-electron chi connectivity index (χ1n) is 20.0. The SMILES string of the molecule is C[C@H](CCCNCCCCO)C1CC[C@H]2C3[C@H](OCCCN=[N+]=[N-])CC4C[C@H](OCCCN=[N+]=[N-])CC[C@]4(C)[C@H]3CC(OCCCN=[N+]=[N-])[C@]12C. The van der Waals surface area contributed by atoms with Crippen LogP contribution < -0.4 is 5.32 Å². The van der Waals surface area contributed by atoms with E-state index < -0.39 is 0 Å². The van der Waals surface area contributed by atoms with Gasteiger partial charge >= 0.3 is 0 Å². The van der Waals surface area contributed by atoms with Gasteiger partial charge in [0.2, 0.25) is 0 Å². The summed E-state index contributed by atoms with van der Waals surface area (Å²) >= 11 is 0. The van der Waals surface area contributed by atoms with Crippen LogP contribution in [0.1, 0.15) is 111 Å². The molecule has 0 spiro atoms. The van der Waals surface area contributed by atoms with Crippen LogP contribution >= 0.6 is 0 Å². The number of hydrogen-bond acceptors (Lipinski definition) is 8. The number of nitrogens with one attached hydrogen (secondary N) is 1. The molecule has 0 bridgehead atoms. The molecular weight excluding hydrogens is 648 g/mol. The Morgan fingerprint density at radius 2 is 1.41 bits per heavy atom. The monoisotopic (exact) mass is 715 g/mol. The van der Waals surface area contributed by atoms with Gasteiger partial charge < -0.3 is 24.6 Å². The van der Waals surface area contributed by atoms with E-state index in [1.54, 1.807) is 0 Å². The van der Waals surface area contributed by atoms with Gasteiger partial charge in [0.15, 0.2) is 0 Å². The third-order valence-corrected chi connectivity index (χ3v) is 13.6. The van der Waals surface area contributed by atoms with E-state index in [1.165, 1.54) is 19.3 Å². The molecule has 14 nitrogen and oxygen atoms in total. The fourth-order valence-corrected chi connectivity index (χ4v) is 11.1. The Labute approximate surface area is 305 Å². The maximum absolute atomic E-state index is 9.09. The van der Waals surface area contributed by atoms with Crippen LogP contribution in [0.4, 0.5) is 0 Å². The molecule has 0 aromatic carbocycles. The second-order valence-corrected chi connectivity index (χ2v) is 16.3. The van der Waals surface area contributed by atoms with Crippen molar-refractivity contribution in [2.24, 2.45) is 61.7 Å². The van der Waals surface area contributed by atoms with Crippen molar-refractivity contribution < 1.29 is 19.3 Å². The topological polar surface area (TPSA) is 206 Å². The maximum atomic E-state index is 9.09. The van der Waals surface area contributed by atoms with Gasteiger partial charge in [0.05, 0.1) is 18.3 Å². The molecule has 2 N–H and O–H groups in total. The summed E-state index contributed by atoms with van der Waals surface area (Å²) in [5.74, 6) is 3.04. The Kier molecular flexibility index (Phi) is 17.4. The summed E-state index contributed by atoms with van der Waals surface area (Å²) in [7, 11) is 0. The number of fused-ring (bicyclic) bond motifs is 5. The van der Waals surface area contributed by atoms with E-state index in [9.17, 15) is 0 Å². The van der Waals surface area contributed by atoms with Crippen LogP contribution in [0.15, 0.2) is 15.3 Å². The average molecular weight is 715 g/mol. The summed E-state index contributed by atoms with van der Waals surface area (Å²) in [6.45, 7) is 13.0. The summed E-state index contributed by atoms with van der Waals surface area (Å²) in [6.07, 6.45) is 14.5. The molecule has 288 valence electrons. The van der Waals surface area contributed by atoms with E-state index in [0.717, 1.165) is 83.7 Å². The minimum absolute atomic E-state index is 0.0236. The zero-order chi connectivity index (χ0) is 36.5. The minimum Gasteiger partial charge on any atom is -0.396 e. The predicted molar refractivity (Wildman–Crippen MR) is 199 cm³/mol. The molecule has 51 heavy (non-hydrogen) atoms. The Hall–Kier alpha value is -2.27. The van der Waals surface area contributed by atoms with E-state index in [4.69, 9.17) is 35.9 Å². The molecule has 0 aromatic heterocycles. The zero-order valence-electron chi connectivity index (χ0n) is 31.7. The van der Waals surface area contributed by atoms with Crippen molar-refractivity contribution >= 4 is 0 Å². The predicted octanol–water partition coefficient (Wildman–Crippen LogP) is 8.90. The third kappa shape index (κ3) is 10.7. The molecular formula is C37H66N10O4. The number of nitrogens with zero attached hydrogens (tertiary/aromatic N) is 9. The van der Waals surface area contributed by atoms with E-state index in [-0.39, 0.29) is 35.7 Å².